The van der Waals surface area contributed by atoms with Crippen molar-refractivity contribution in [3.8, 4) is 5.75 Å². The lowest BCUT2D eigenvalue weighted by atomic mass is 10.2. The van der Waals surface area contributed by atoms with Crippen LogP contribution in [0.15, 0.2) is 60.8 Å². The van der Waals surface area contributed by atoms with E-state index in [1.54, 1.807) is 13.3 Å². The van der Waals surface area contributed by atoms with E-state index in [2.05, 4.69) is 25.8 Å². The molecule has 0 unspecified atom stereocenters. The van der Waals surface area contributed by atoms with E-state index in [1.807, 2.05) is 54.6 Å². The van der Waals surface area contributed by atoms with Crippen molar-refractivity contribution >= 4 is 17.5 Å². The predicted octanol–water partition coefficient (Wildman–Crippen LogP) is 3.24. The van der Waals surface area contributed by atoms with Gasteiger partial charge in [0.25, 0.3) is 0 Å². The largest absolute Gasteiger partial charge is 0.497 e. The number of nitrogens with one attached hydrogen (secondary N) is 2. The maximum absolute atomic E-state index is 5.14. The van der Waals surface area contributed by atoms with E-state index in [9.17, 15) is 0 Å². The molecule has 0 fully saturated rings. The van der Waals surface area contributed by atoms with Crippen molar-refractivity contribution in [3.63, 3.8) is 0 Å². The summed E-state index contributed by atoms with van der Waals surface area (Å²) in [7, 11) is 1.65. The number of para-hydroxylation sites is 1. The third kappa shape index (κ3) is 4.16. The molecule has 6 nitrogen and oxygen atoms in total. The van der Waals surface area contributed by atoms with Gasteiger partial charge in [0, 0.05) is 12.2 Å². The van der Waals surface area contributed by atoms with Crippen molar-refractivity contribution in [2.45, 2.75) is 6.54 Å². The zero-order valence-corrected chi connectivity index (χ0v) is 12.7. The second kappa shape index (κ2) is 7.22. The Morgan fingerprint density at radius 3 is 2.52 bits per heavy atom. The summed E-state index contributed by atoms with van der Waals surface area (Å²) in [6, 6.07) is 17.6. The van der Waals surface area contributed by atoms with Gasteiger partial charge in [-0.15, -0.1) is 5.10 Å². The highest BCUT2D eigenvalue weighted by Gasteiger charge is 2.01. The molecule has 23 heavy (non-hydrogen) atoms. The van der Waals surface area contributed by atoms with Gasteiger partial charge in [-0.2, -0.15) is 10.1 Å². The molecule has 2 N–H and O–H groups in total. The summed E-state index contributed by atoms with van der Waals surface area (Å²) >= 11 is 0. The number of nitrogens with zero attached hydrogens (tertiary/aromatic N) is 3. The Morgan fingerprint density at radius 2 is 1.78 bits per heavy atom. The SMILES string of the molecule is COc1ccc(CNc2nncc(Nc3ccccc3)n2)cc1. The molecule has 1 aromatic heterocycles. The van der Waals surface area contributed by atoms with Gasteiger partial charge >= 0.3 is 0 Å². The quantitative estimate of drug-likeness (QED) is 0.728. The lowest BCUT2D eigenvalue weighted by Crippen LogP contribution is -2.06. The minimum atomic E-state index is 0.474. The summed E-state index contributed by atoms with van der Waals surface area (Å²) in [5.74, 6) is 1.95. The minimum absolute atomic E-state index is 0.474. The zero-order chi connectivity index (χ0) is 15.9. The molecule has 0 aliphatic carbocycles. The van der Waals surface area contributed by atoms with E-state index in [1.165, 1.54) is 0 Å². The van der Waals surface area contributed by atoms with Crippen LogP contribution in [-0.2, 0) is 6.54 Å². The van der Waals surface area contributed by atoms with Crippen molar-refractivity contribution in [1.82, 2.24) is 15.2 Å². The smallest absolute Gasteiger partial charge is 0.244 e. The molecule has 3 aromatic rings. The van der Waals surface area contributed by atoms with Crippen LogP contribution >= 0.6 is 0 Å². The third-order valence-electron chi connectivity index (χ3n) is 3.21. The fraction of sp³-hybridized carbons (Fsp3) is 0.118. The Kier molecular flexibility index (Phi) is 4.63. The molecular weight excluding hydrogens is 290 g/mol. The number of anilines is 3. The maximum Gasteiger partial charge on any atom is 0.244 e. The molecule has 2 aromatic carbocycles. The van der Waals surface area contributed by atoms with Crippen LogP contribution < -0.4 is 15.4 Å². The van der Waals surface area contributed by atoms with Crippen LogP contribution in [0.25, 0.3) is 0 Å². The third-order valence-corrected chi connectivity index (χ3v) is 3.21. The Balaban J connectivity index is 1.63. The molecule has 6 heteroatoms. The van der Waals surface area contributed by atoms with Crippen LogP contribution in [0.4, 0.5) is 17.5 Å². The van der Waals surface area contributed by atoms with Gasteiger partial charge in [0.2, 0.25) is 5.95 Å². The lowest BCUT2D eigenvalue weighted by Gasteiger charge is -2.08. The van der Waals surface area contributed by atoms with Crippen LogP contribution in [0.2, 0.25) is 0 Å². The summed E-state index contributed by atoms with van der Waals surface area (Å²) in [4.78, 5) is 4.40. The fourth-order valence-corrected chi connectivity index (χ4v) is 2.03. The average Bonchev–Trinajstić information content (AvgIpc) is 2.62. The van der Waals surface area contributed by atoms with Crippen molar-refractivity contribution < 1.29 is 4.74 Å². The summed E-state index contributed by atoms with van der Waals surface area (Å²) in [5, 5.41) is 14.3. The molecule has 0 saturated carbocycles. The molecule has 1 heterocycles. The molecule has 0 bridgehead atoms. The summed E-state index contributed by atoms with van der Waals surface area (Å²) in [6.07, 6.45) is 1.59. The van der Waals surface area contributed by atoms with Gasteiger partial charge in [0.1, 0.15) is 5.75 Å². The van der Waals surface area contributed by atoms with Crippen molar-refractivity contribution in [2.75, 3.05) is 17.7 Å². The Bertz CT molecular complexity index is 746. The average molecular weight is 307 g/mol. The van der Waals surface area contributed by atoms with Crippen LogP contribution in [0, 0.1) is 0 Å². The van der Waals surface area contributed by atoms with Crippen LogP contribution in [0.5, 0.6) is 5.75 Å². The summed E-state index contributed by atoms with van der Waals surface area (Å²) in [6.45, 7) is 0.612. The highest BCUT2D eigenvalue weighted by Crippen LogP contribution is 2.15. The first-order valence-corrected chi connectivity index (χ1v) is 7.22. The van der Waals surface area contributed by atoms with Crippen molar-refractivity contribution in [1.29, 1.82) is 0 Å². The fourth-order valence-electron chi connectivity index (χ4n) is 2.03. The normalized spacial score (nSPS) is 10.1. The first kappa shape index (κ1) is 14.8. The number of ether oxygens (including phenoxy) is 1. The second-order valence-electron chi connectivity index (χ2n) is 4.86. The van der Waals surface area contributed by atoms with Crippen LogP contribution in [-0.4, -0.2) is 22.3 Å². The molecular formula is C17H17N5O. The van der Waals surface area contributed by atoms with E-state index in [-0.39, 0.29) is 0 Å². The maximum atomic E-state index is 5.14. The van der Waals surface area contributed by atoms with Crippen LogP contribution in [0.3, 0.4) is 0 Å². The predicted molar refractivity (Wildman–Crippen MR) is 89.9 cm³/mol. The number of methoxy groups -OCH3 is 1. The van der Waals surface area contributed by atoms with E-state index < -0.39 is 0 Å². The van der Waals surface area contributed by atoms with Gasteiger partial charge in [-0.25, -0.2) is 0 Å². The number of hydrogen-bond donors (Lipinski definition) is 2. The zero-order valence-electron chi connectivity index (χ0n) is 12.7. The molecule has 0 amide bonds. The molecule has 0 aliphatic rings. The number of rotatable bonds is 6. The van der Waals surface area contributed by atoms with Gasteiger partial charge in [-0.05, 0) is 29.8 Å². The van der Waals surface area contributed by atoms with E-state index in [0.717, 1.165) is 17.0 Å². The van der Waals surface area contributed by atoms with Gasteiger partial charge < -0.3 is 15.4 Å². The van der Waals surface area contributed by atoms with Crippen molar-refractivity contribution in [2.24, 2.45) is 0 Å². The molecule has 0 spiro atoms. The molecule has 0 radical (unpaired) electrons. The van der Waals surface area contributed by atoms with E-state index in [0.29, 0.717) is 18.3 Å². The summed E-state index contributed by atoms with van der Waals surface area (Å²) in [5.41, 5.74) is 2.06. The van der Waals surface area contributed by atoms with Gasteiger partial charge in [-0.3, -0.25) is 0 Å². The first-order chi connectivity index (χ1) is 11.3. The molecule has 0 atom stereocenters. The second-order valence-corrected chi connectivity index (χ2v) is 4.86. The Labute approximate surface area is 134 Å². The van der Waals surface area contributed by atoms with E-state index >= 15 is 0 Å². The minimum Gasteiger partial charge on any atom is -0.497 e. The Morgan fingerprint density at radius 1 is 1.00 bits per heavy atom. The van der Waals surface area contributed by atoms with Gasteiger partial charge in [-0.1, -0.05) is 30.3 Å². The van der Waals surface area contributed by atoms with Crippen molar-refractivity contribution in [3.05, 3.63) is 66.4 Å². The monoisotopic (exact) mass is 307 g/mol. The number of hydrogen-bond acceptors (Lipinski definition) is 6. The lowest BCUT2D eigenvalue weighted by molar-refractivity contribution is 0.414. The molecule has 0 saturated heterocycles. The highest BCUT2D eigenvalue weighted by molar-refractivity contribution is 5.55. The standard InChI is InChI=1S/C17H17N5O/c1-23-15-9-7-13(8-10-15)11-18-17-21-16(12-19-22-17)20-14-5-3-2-4-6-14/h2-10,12H,11H2,1H3,(H2,18,20,21,22). The molecule has 116 valence electrons. The molecule has 3 rings (SSSR count). The number of aromatic nitrogens is 3. The van der Waals surface area contributed by atoms with E-state index in [4.69, 9.17) is 4.74 Å². The first-order valence-electron chi connectivity index (χ1n) is 7.22. The van der Waals surface area contributed by atoms with Gasteiger partial charge in [0.15, 0.2) is 5.82 Å². The van der Waals surface area contributed by atoms with Gasteiger partial charge in [0.05, 0.1) is 13.3 Å². The molecule has 0 aliphatic heterocycles. The highest BCUT2D eigenvalue weighted by atomic mass is 16.5. The Hall–Kier alpha value is -3.15. The topological polar surface area (TPSA) is 72.0 Å². The summed E-state index contributed by atoms with van der Waals surface area (Å²) < 4.78 is 5.14. The number of benzene rings is 2. The van der Waals surface area contributed by atoms with Crippen LogP contribution in [0.1, 0.15) is 5.56 Å².